The summed E-state index contributed by atoms with van der Waals surface area (Å²) in [6, 6.07) is 11.6. The van der Waals surface area contributed by atoms with E-state index in [0.29, 0.717) is 19.4 Å². The lowest BCUT2D eigenvalue weighted by atomic mass is 9.97. The molecule has 1 unspecified atom stereocenters. The second-order valence-corrected chi connectivity index (χ2v) is 9.51. The number of benzene rings is 2. The summed E-state index contributed by atoms with van der Waals surface area (Å²) < 4.78 is 28.7. The van der Waals surface area contributed by atoms with E-state index in [1.54, 1.807) is 0 Å². The number of carbonyl (C=O) groups is 2. The molecule has 2 atom stereocenters. The van der Waals surface area contributed by atoms with Crippen LogP contribution in [0.4, 0.5) is 8.78 Å². The smallest absolute Gasteiger partial charge is 0.267 e. The predicted molar refractivity (Wildman–Crippen MR) is 126 cm³/mol. The Kier molecular flexibility index (Phi) is 7.86. The van der Waals surface area contributed by atoms with Crippen LogP contribution in [-0.4, -0.2) is 34.5 Å². The van der Waals surface area contributed by atoms with Crippen LogP contribution in [0.2, 0.25) is 0 Å². The minimum atomic E-state index is -1.03. The van der Waals surface area contributed by atoms with Crippen molar-refractivity contribution in [3.8, 4) is 0 Å². The Morgan fingerprint density at radius 1 is 1.18 bits per heavy atom. The molecule has 1 heterocycles. The predicted octanol–water partition coefficient (Wildman–Crippen LogP) is 3.95. The Balaban J connectivity index is 2.18. The van der Waals surface area contributed by atoms with Crippen LogP contribution in [0.3, 0.4) is 0 Å². The fourth-order valence-electron chi connectivity index (χ4n) is 3.78. The van der Waals surface area contributed by atoms with E-state index in [9.17, 15) is 18.4 Å². The normalized spacial score (nSPS) is 18.9. The zero-order chi connectivity index (χ0) is 24.2. The topological polar surface area (TPSA) is 87.8 Å². The highest BCUT2D eigenvalue weighted by Gasteiger charge is 2.50. The lowest BCUT2D eigenvalue weighted by molar-refractivity contribution is -0.140. The number of rotatable bonds is 8. The van der Waals surface area contributed by atoms with Crippen LogP contribution >= 0.6 is 11.8 Å². The molecule has 0 bridgehead atoms. The van der Waals surface area contributed by atoms with Gasteiger partial charge < -0.3 is 11.1 Å². The monoisotopic (exact) mass is 474 g/mol. The lowest BCUT2D eigenvalue weighted by Crippen LogP contribution is -2.53. The molecule has 176 valence electrons. The molecule has 9 heteroatoms. The number of hydrogen-bond donors (Lipinski definition) is 2. The summed E-state index contributed by atoms with van der Waals surface area (Å²) in [5.74, 6) is -2.24. The molecule has 6 nitrogen and oxygen atoms in total. The third-order valence-corrected chi connectivity index (χ3v) is 6.85. The van der Waals surface area contributed by atoms with Gasteiger partial charge in [-0.3, -0.25) is 9.59 Å². The zero-order valence-corrected chi connectivity index (χ0v) is 19.7. The number of hydrogen-bond acceptors (Lipinski definition) is 5. The number of thioether (sulfide) groups is 1. The summed E-state index contributed by atoms with van der Waals surface area (Å²) >= 11 is 1.19. The van der Waals surface area contributed by atoms with Crippen molar-refractivity contribution < 1.29 is 18.4 Å². The maximum Gasteiger partial charge on any atom is 0.267 e. The number of halogens is 2. The van der Waals surface area contributed by atoms with Crippen LogP contribution in [0.25, 0.3) is 0 Å². The van der Waals surface area contributed by atoms with Gasteiger partial charge in [0.25, 0.3) is 5.91 Å². The first-order valence-corrected chi connectivity index (χ1v) is 11.6. The van der Waals surface area contributed by atoms with E-state index in [1.165, 1.54) is 23.7 Å². The van der Waals surface area contributed by atoms with Gasteiger partial charge in [-0.1, -0.05) is 55.9 Å². The summed E-state index contributed by atoms with van der Waals surface area (Å²) in [4.78, 5) is 24.6. The summed E-state index contributed by atoms with van der Waals surface area (Å²) in [6.45, 7) is 5.36. The molecule has 3 N–H and O–H groups in total. The van der Waals surface area contributed by atoms with Gasteiger partial charge in [0.15, 0.2) is 0 Å². The van der Waals surface area contributed by atoms with Gasteiger partial charge in [0.2, 0.25) is 5.91 Å². The van der Waals surface area contributed by atoms with Crippen molar-refractivity contribution in [1.29, 1.82) is 0 Å². The van der Waals surface area contributed by atoms with Crippen LogP contribution in [0.1, 0.15) is 44.7 Å². The van der Waals surface area contributed by atoms with Crippen LogP contribution in [0, 0.1) is 17.6 Å². The van der Waals surface area contributed by atoms with E-state index in [4.69, 9.17) is 5.73 Å². The molecule has 0 fully saturated rings. The van der Waals surface area contributed by atoms with Gasteiger partial charge in [-0.05, 0) is 49.1 Å². The van der Waals surface area contributed by atoms with Crippen molar-refractivity contribution >= 4 is 28.6 Å². The fraction of sp³-hybridized carbons (Fsp3) is 0.375. The average Bonchev–Trinajstić information content (AvgIpc) is 3.18. The van der Waals surface area contributed by atoms with Crippen LogP contribution in [0.5, 0.6) is 0 Å². The molecule has 33 heavy (non-hydrogen) atoms. The molecular weight excluding hydrogens is 446 g/mol. The standard InChI is InChI=1S/C24H28F2N4O2S/c1-15(2)21(28-16(3)31)23(32)30-24(12-7-13-27,17-8-5-4-6-9-17)33-22(29-30)19-14-18(25)10-11-20(19)26/h4-6,8-11,14-15,21H,7,12-13,27H2,1-3H3,(H,28,31)/t21-,24?/m0/s1. The van der Waals surface area contributed by atoms with Gasteiger partial charge >= 0.3 is 0 Å². The average molecular weight is 475 g/mol. The number of carbonyl (C=O) groups excluding carboxylic acids is 2. The molecule has 2 aromatic carbocycles. The molecule has 0 aliphatic carbocycles. The van der Waals surface area contributed by atoms with E-state index in [1.807, 2.05) is 44.2 Å². The second-order valence-electron chi connectivity index (χ2n) is 8.25. The largest absolute Gasteiger partial charge is 0.344 e. The quantitative estimate of drug-likeness (QED) is 0.606. The van der Waals surface area contributed by atoms with E-state index >= 15 is 0 Å². The van der Waals surface area contributed by atoms with E-state index in [-0.39, 0.29) is 22.4 Å². The number of hydrazone groups is 1. The third kappa shape index (κ3) is 5.25. The van der Waals surface area contributed by atoms with Crippen LogP contribution < -0.4 is 11.1 Å². The lowest BCUT2D eigenvalue weighted by Gasteiger charge is -2.38. The molecule has 3 rings (SSSR count). The molecule has 0 radical (unpaired) electrons. The van der Waals surface area contributed by atoms with Gasteiger partial charge in [0, 0.05) is 12.5 Å². The number of nitrogens with one attached hydrogen (secondary N) is 1. The zero-order valence-electron chi connectivity index (χ0n) is 18.8. The number of nitrogens with zero attached hydrogens (tertiary/aromatic N) is 2. The van der Waals surface area contributed by atoms with E-state index < -0.39 is 28.5 Å². The summed E-state index contributed by atoms with van der Waals surface area (Å²) in [5.41, 5.74) is 6.56. The van der Waals surface area contributed by atoms with Gasteiger partial charge in [-0.25, -0.2) is 13.8 Å². The van der Waals surface area contributed by atoms with Crippen LogP contribution in [0.15, 0.2) is 53.6 Å². The van der Waals surface area contributed by atoms with Crippen molar-refractivity contribution in [3.05, 3.63) is 71.3 Å². The van der Waals surface area contributed by atoms with Crippen molar-refractivity contribution in [2.45, 2.75) is 44.5 Å². The summed E-state index contributed by atoms with van der Waals surface area (Å²) in [7, 11) is 0. The summed E-state index contributed by atoms with van der Waals surface area (Å²) in [5, 5.41) is 8.74. The van der Waals surface area contributed by atoms with Gasteiger partial charge in [-0.15, -0.1) is 0 Å². The van der Waals surface area contributed by atoms with Crippen LogP contribution in [-0.2, 0) is 14.5 Å². The van der Waals surface area contributed by atoms with Gasteiger partial charge in [0.05, 0.1) is 0 Å². The first-order valence-electron chi connectivity index (χ1n) is 10.8. The molecule has 0 saturated carbocycles. The fourth-order valence-corrected chi connectivity index (χ4v) is 5.21. The molecule has 0 saturated heterocycles. The highest BCUT2D eigenvalue weighted by Crippen LogP contribution is 2.51. The first kappa shape index (κ1) is 24.9. The maximum absolute atomic E-state index is 14.7. The Morgan fingerprint density at radius 2 is 1.88 bits per heavy atom. The highest BCUT2D eigenvalue weighted by molar-refractivity contribution is 8.15. The second kappa shape index (κ2) is 10.4. The molecule has 0 spiro atoms. The number of amides is 2. The SMILES string of the molecule is CC(=O)N[C@H](C(=O)N1N=C(c2cc(F)ccc2F)SC1(CCCN)c1ccccc1)C(C)C. The van der Waals surface area contributed by atoms with Crippen molar-refractivity contribution in [1.82, 2.24) is 10.3 Å². The molecule has 1 aliphatic rings. The third-order valence-electron chi connectivity index (χ3n) is 5.40. The van der Waals surface area contributed by atoms with Crippen molar-refractivity contribution in [2.24, 2.45) is 16.8 Å². The number of nitrogens with two attached hydrogens (primary N) is 1. The molecule has 0 aromatic heterocycles. The molecular formula is C24H28F2N4O2S. The molecule has 2 aromatic rings. The first-order chi connectivity index (χ1) is 15.7. The molecule has 1 aliphatic heterocycles. The molecule has 2 amide bonds. The van der Waals surface area contributed by atoms with Gasteiger partial charge in [-0.2, -0.15) is 5.10 Å². The maximum atomic E-state index is 14.7. The Labute approximate surface area is 196 Å². The minimum Gasteiger partial charge on any atom is -0.344 e. The van der Waals surface area contributed by atoms with E-state index in [0.717, 1.165) is 23.8 Å². The highest BCUT2D eigenvalue weighted by atomic mass is 32.2. The van der Waals surface area contributed by atoms with E-state index in [2.05, 4.69) is 10.4 Å². The Bertz CT molecular complexity index is 1050. The van der Waals surface area contributed by atoms with Crippen molar-refractivity contribution in [2.75, 3.05) is 6.54 Å². The van der Waals surface area contributed by atoms with Crippen molar-refractivity contribution in [3.63, 3.8) is 0 Å². The Hall–Kier alpha value is -2.78. The minimum absolute atomic E-state index is 0.0241. The Morgan fingerprint density at radius 3 is 2.48 bits per heavy atom. The summed E-state index contributed by atoms with van der Waals surface area (Å²) in [6.07, 6.45) is 0.991. The van der Waals surface area contributed by atoms with Gasteiger partial charge in [0.1, 0.15) is 27.6 Å².